The number of nitrogens with zero attached hydrogens (tertiary/aromatic N) is 2. The molecule has 0 spiro atoms. The smallest absolute Gasteiger partial charge is 0.352 e. The van der Waals surface area contributed by atoms with Gasteiger partial charge in [0.1, 0.15) is 12.2 Å². The third kappa shape index (κ3) is 3.73. The summed E-state index contributed by atoms with van der Waals surface area (Å²) in [7, 11) is 0. The Morgan fingerprint density at radius 1 is 1.15 bits per heavy atom. The van der Waals surface area contributed by atoms with Gasteiger partial charge in [0, 0.05) is 22.7 Å². The number of esters is 2. The van der Waals surface area contributed by atoms with Gasteiger partial charge in [-0.25, -0.2) is 18.4 Å². The van der Waals surface area contributed by atoms with Crippen LogP contribution in [0.2, 0.25) is 0 Å². The van der Waals surface area contributed by atoms with Crippen LogP contribution in [0.1, 0.15) is 56.0 Å². The highest BCUT2D eigenvalue weighted by atomic mass is 19.1. The number of rotatable bonds is 4. The molecular weight excluding hydrogens is 534 g/mol. The minimum Gasteiger partial charge on any atom is -0.447 e. The van der Waals surface area contributed by atoms with Gasteiger partial charge in [0.25, 0.3) is 0 Å². The summed E-state index contributed by atoms with van der Waals surface area (Å²) in [4.78, 5) is 39.3. The maximum Gasteiger partial charge on any atom is 0.352 e. The van der Waals surface area contributed by atoms with Gasteiger partial charge in [0.2, 0.25) is 5.60 Å². The summed E-state index contributed by atoms with van der Waals surface area (Å²) in [5.74, 6) is -4.96. The monoisotopic (exact) mass is 564 g/mol. The number of carbonyl (C=O) groups is 3. The van der Waals surface area contributed by atoms with E-state index in [1.807, 2.05) is 6.07 Å². The number of alkyl halides is 2. The molecule has 0 aromatic heterocycles. The summed E-state index contributed by atoms with van der Waals surface area (Å²) in [5, 5.41) is 29.8. The summed E-state index contributed by atoms with van der Waals surface area (Å²) in [6, 6.07) is 9.25. The summed E-state index contributed by atoms with van der Waals surface area (Å²) in [6.07, 6.45) is -0.318. The minimum atomic E-state index is -2.38. The van der Waals surface area contributed by atoms with Crippen molar-refractivity contribution in [1.82, 2.24) is 0 Å². The Morgan fingerprint density at radius 3 is 2.46 bits per heavy atom. The van der Waals surface area contributed by atoms with Gasteiger partial charge in [-0.05, 0) is 74.1 Å². The van der Waals surface area contributed by atoms with E-state index < -0.39 is 76.5 Å². The zero-order chi connectivity index (χ0) is 30.0. The molecule has 0 bridgehead atoms. The summed E-state index contributed by atoms with van der Waals surface area (Å²) < 4.78 is 44.5. The molecule has 0 radical (unpaired) electrons. The van der Waals surface area contributed by atoms with Gasteiger partial charge in [-0.3, -0.25) is 4.79 Å². The number of ketones is 1. The Hall–Kier alpha value is -3.89. The second kappa shape index (κ2) is 9.60. The fourth-order valence-corrected chi connectivity index (χ4v) is 8.31. The molecule has 214 valence electrons. The van der Waals surface area contributed by atoms with E-state index in [0.29, 0.717) is 5.56 Å². The van der Waals surface area contributed by atoms with E-state index in [-0.39, 0.29) is 30.4 Å². The van der Waals surface area contributed by atoms with Gasteiger partial charge in [0.05, 0.1) is 23.3 Å². The van der Waals surface area contributed by atoms with Crippen molar-refractivity contribution in [3.05, 3.63) is 59.2 Å². The Balaban J connectivity index is 1.62. The van der Waals surface area contributed by atoms with Gasteiger partial charge in [-0.15, -0.1) is 0 Å². The maximum absolute atomic E-state index is 17.5. The lowest BCUT2D eigenvalue weighted by Crippen LogP contribution is -2.71. The van der Waals surface area contributed by atoms with E-state index in [9.17, 15) is 19.5 Å². The molecule has 10 heteroatoms. The predicted octanol–water partition coefficient (Wildman–Crippen LogP) is 4.09. The number of aliphatic hydroxyl groups is 1. The van der Waals surface area contributed by atoms with Crippen LogP contribution in [0.5, 0.6) is 0 Å². The summed E-state index contributed by atoms with van der Waals surface area (Å²) >= 11 is 0. The first kappa shape index (κ1) is 28.6. The largest absolute Gasteiger partial charge is 0.447 e. The van der Waals surface area contributed by atoms with Crippen molar-refractivity contribution < 1.29 is 37.7 Å². The lowest BCUT2D eigenvalue weighted by Gasteiger charge is -2.63. The zero-order valence-corrected chi connectivity index (χ0v) is 22.9. The molecule has 41 heavy (non-hydrogen) atoms. The van der Waals surface area contributed by atoms with Crippen LogP contribution in [0.25, 0.3) is 0 Å². The SMILES string of the molecule is C[C@@H]1CC2C3C[C@H](F)C4=CC(=O)C=C[C@]4(C)[C@@]3(F)[C@@H](O)C[C@]2(C)[C@@]1(OC(=O)c1ccc(C#N)cc1)C(=O)OCC#N. The van der Waals surface area contributed by atoms with Crippen LogP contribution in [0, 0.1) is 51.2 Å². The molecule has 3 fully saturated rings. The summed E-state index contributed by atoms with van der Waals surface area (Å²) in [6.45, 7) is 4.12. The van der Waals surface area contributed by atoms with Crippen molar-refractivity contribution in [3.63, 3.8) is 0 Å². The molecule has 0 saturated heterocycles. The molecule has 4 aliphatic rings. The van der Waals surface area contributed by atoms with E-state index in [4.69, 9.17) is 20.0 Å². The number of allylic oxidation sites excluding steroid dienone is 4. The standard InChI is InChI=1S/C31H30F2N2O6/c1-17-12-21-22-14-24(32)23-13-20(36)8-9-28(23,2)30(22,33)25(37)15-29(21,3)31(17,27(39)40-11-10-34)41-26(38)19-6-4-18(16-35)5-7-19/h4-9,13,17,21-22,24-25,37H,11-12,14-15H2,1-3H3/t17-,21?,22?,24+,25+,28+,29+,30+,31+/m1/s1. The van der Waals surface area contributed by atoms with E-state index >= 15 is 8.78 Å². The Labute approximate surface area is 236 Å². The molecule has 8 nitrogen and oxygen atoms in total. The number of ether oxygens (including phenoxy) is 2. The number of benzene rings is 1. The van der Waals surface area contributed by atoms with Crippen molar-refractivity contribution in [3.8, 4) is 12.1 Å². The molecule has 1 N–H and O–H groups in total. The second-order valence-electron chi connectivity index (χ2n) is 12.0. The lowest BCUT2D eigenvalue weighted by atomic mass is 9.44. The van der Waals surface area contributed by atoms with E-state index in [2.05, 4.69) is 0 Å². The molecule has 0 aliphatic heterocycles. The highest BCUT2D eigenvalue weighted by Gasteiger charge is 2.78. The molecule has 1 aromatic carbocycles. The fraction of sp³-hybridized carbons (Fsp3) is 0.516. The topological polar surface area (TPSA) is 137 Å². The van der Waals surface area contributed by atoms with Crippen LogP contribution in [0.4, 0.5) is 8.78 Å². The third-order valence-corrected chi connectivity index (χ3v) is 10.2. The number of carbonyl (C=O) groups excluding carboxylic acids is 3. The second-order valence-corrected chi connectivity index (χ2v) is 12.0. The van der Waals surface area contributed by atoms with Crippen molar-refractivity contribution >= 4 is 17.7 Å². The number of hydrogen-bond donors (Lipinski definition) is 1. The molecule has 1 aromatic rings. The molecular formula is C31H30F2N2O6. The molecule has 0 heterocycles. The van der Waals surface area contributed by atoms with Crippen LogP contribution in [0.15, 0.2) is 48.1 Å². The first-order valence-electron chi connectivity index (χ1n) is 13.5. The van der Waals surface area contributed by atoms with Crippen LogP contribution in [-0.4, -0.2) is 53.0 Å². The Kier molecular flexibility index (Phi) is 6.70. The normalized spacial score (nSPS) is 40.6. The first-order chi connectivity index (χ1) is 19.3. The molecule has 4 aliphatic carbocycles. The van der Waals surface area contributed by atoms with Crippen molar-refractivity contribution in [2.24, 2.45) is 28.6 Å². The predicted molar refractivity (Wildman–Crippen MR) is 139 cm³/mol. The lowest BCUT2D eigenvalue weighted by molar-refractivity contribution is -0.230. The minimum absolute atomic E-state index is 0.0237. The number of nitriles is 2. The Morgan fingerprint density at radius 2 is 1.83 bits per heavy atom. The van der Waals surface area contributed by atoms with Crippen LogP contribution in [0.3, 0.4) is 0 Å². The quantitative estimate of drug-likeness (QED) is 0.540. The van der Waals surface area contributed by atoms with E-state index in [0.717, 1.165) is 6.08 Å². The molecule has 2 unspecified atom stereocenters. The maximum atomic E-state index is 17.5. The molecule has 3 saturated carbocycles. The highest BCUT2D eigenvalue weighted by molar-refractivity contribution is 6.01. The number of aliphatic hydroxyl groups excluding tert-OH is 1. The van der Waals surface area contributed by atoms with Crippen molar-refractivity contribution in [1.29, 1.82) is 10.5 Å². The van der Waals surface area contributed by atoms with Crippen molar-refractivity contribution in [2.75, 3.05) is 6.61 Å². The molecule has 9 atom stereocenters. The van der Waals surface area contributed by atoms with Gasteiger partial charge in [0.15, 0.2) is 18.1 Å². The Bertz CT molecular complexity index is 1460. The number of fused-ring (bicyclic) bond motifs is 5. The van der Waals surface area contributed by atoms with Gasteiger partial charge >= 0.3 is 11.9 Å². The average Bonchev–Trinajstić information content (AvgIpc) is 3.16. The zero-order valence-electron chi connectivity index (χ0n) is 22.9. The van der Waals surface area contributed by atoms with Gasteiger partial charge < -0.3 is 14.6 Å². The average molecular weight is 565 g/mol. The van der Waals surface area contributed by atoms with Crippen LogP contribution >= 0.6 is 0 Å². The molecule has 5 rings (SSSR count). The summed E-state index contributed by atoms with van der Waals surface area (Å²) in [5.41, 5.74) is -7.11. The number of halogens is 2. The van der Waals surface area contributed by atoms with E-state index in [1.165, 1.54) is 43.3 Å². The van der Waals surface area contributed by atoms with Crippen molar-refractivity contribution in [2.45, 2.75) is 63.6 Å². The third-order valence-electron chi connectivity index (χ3n) is 10.2. The van der Waals surface area contributed by atoms with Gasteiger partial charge in [-0.1, -0.05) is 19.9 Å². The fourth-order valence-electron chi connectivity index (χ4n) is 8.31. The highest BCUT2D eigenvalue weighted by Crippen LogP contribution is 2.71. The first-order valence-corrected chi connectivity index (χ1v) is 13.5. The van der Waals surface area contributed by atoms with Gasteiger partial charge in [-0.2, -0.15) is 10.5 Å². The van der Waals surface area contributed by atoms with Crippen LogP contribution in [-0.2, 0) is 19.1 Å². The number of hydrogen-bond acceptors (Lipinski definition) is 8. The molecule has 0 amide bonds. The van der Waals surface area contributed by atoms with E-state index in [1.54, 1.807) is 19.9 Å². The van der Waals surface area contributed by atoms with Crippen LogP contribution < -0.4 is 0 Å².